The minimum atomic E-state index is -0.427. The summed E-state index contributed by atoms with van der Waals surface area (Å²) in [5.74, 6) is 0.0538. The number of aryl methyl sites for hydroxylation is 1. The second kappa shape index (κ2) is 6.39. The summed E-state index contributed by atoms with van der Waals surface area (Å²) in [5.41, 5.74) is 1.60. The predicted molar refractivity (Wildman–Crippen MR) is 79.6 cm³/mol. The number of carbonyl (C=O) groups excluding carboxylic acids is 1. The van der Waals surface area contributed by atoms with E-state index in [0.29, 0.717) is 47.8 Å². The SMILES string of the molecule is C=CCn1ncc2c(OCC)c(C(=O)OCC)c(C)nc21. The van der Waals surface area contributed by atoms with Crippen LogP contribution in [0.5, 0.6) is 5.75 Å². The van der Waals surface area contributed by atoms with Gasteiger partial charge in [-0.25, -0.2) is 14.5 Å². The molecule has 0 radical (unpaired) electrons. The molecule has 0 saturated heterocycles. The highest BCUT2D eigenvalue weighted by Crippen LogP contribution is 2.31. The molecule has 6 heteroatoms. The number of nitrogens with zero attached hydrogens (tertiary/aromatic N) is 3. The van der Waals surface area contributed by atoms with Crippen molar-refractivity contribution in [3.63, 3.8) is 0 Å². The fourth-order valence-corrected chi connectivity index (χ4v) is 2.16. The highest BCUT2D eigenvalue weighted by atomic mass is 16.5. The minimum Gasteiger partial charge on any atom is -0.492 e. The van der Waals surface area contributed by atoms with Crippen LogP contribution in [0, 0.1) is 6.92 Å². The van der Waals surface area contributed by atoms with Gasteiger partial charge in [-0.1, -0.05) is 6.08 Å². The molecule has 2 aromatic rings. The van der Waals surface area contributed by atoms with E-state index in [1.54, 1.807) is 30.8 Å². The van der Waals surface area contributed by atoms with Gasteiger partial charge in [0.05, 0.1) is 37.0 Å². The molecule has 0 fully saturated rings. The van der Waals surface area contributed by atoms with Gasteiger partial charge in [0.2, 0.25) is 0 Å². The molecule has 2 heterocycles. The third kappa shape index (κ3) is 2.74. The average molecular weight is 289 g/mol. The largest absolute Gasteiger partial charge is 0.492 e. The summed E-state index contributed by atoms with van der Waals surface area (Å²) in [6.07, 6.45) is 3.39. The molecular formula is C15H19N3O3. The third-order valence-electron chi connectivity index (χ3n) is 2.99. The van der Waals surface area contributed by atoms with Crippen LogP contribution in [0.1, 0.15) is 29.9 Å². The van der Waals surface area contributed by atoms with Gasteiger partial charge >= 0.3 is 5.97 Å². The van der Waals surface area contributed by atoms with Gasteiger partial charge in [-0.2, -0.15) is 5.10 Å². The second-order valence-corrected chi connectivity index (χ2v) is 4.41. The van der Waals surface area contributed by atoms with E-state index in [2.05, 4.69) is 16.7 Å². The zero-order valence-corrected chi connectivity index (χ0v) is 12.5. The molecule has 0 aliphatic heterocycles. The lowest BCUT2D eigenvalue weighted by Crippen LogP contribution is -2.12. The van der Waals surface area contributed by atoms with Gasteiger partial charge in [-0.3, -0.25) is 0 Å². The van der Waals surface area contributed by atoms with Gasteiger partial charge in [-0.15, -0.1) is 6.58 Å². The summed E-state index contributed by atoms with van der Waals surface area (Å²) in [7, 11) is 0. The number of ether oxygens (including phenoxy) is 2. The Labute approximate surface area is 123 Å². The summed E-state index contributed by atoms with van der Waals surface area (Å²) in [4.78, 5) is 16.6. The number of pyridine rings is 1. The van der Waals surface area contributed by atoms with E-state index in [1.807, 2.05) is 6.92 Å². The molecule has 2 rings (SSSR count). The zero-order valence-electron chi connectivity index (χ0n) is 12.5. The van der Waals surface area contributed by atoms with Crippen molar-refractivity contribution in [3.8, 4) is 5.75 Å². The Balaban J connectivity index is 2.68. The first-order valence-corrected chi connectivity index (χ1v) is 6.90. The summed E-state index contributed by atoms with van der Waals surface area (Å²) in [5, 5.41) is 4.97. The van der Waals surface area contributed by atoms with E-state index in [-0.39, 0.29) is 0 Å². The molecule has 0 aromatic carbocycles. The predicted octanol–water partition coefficient (Wildman–Crippen LogP) is 2.50. The first kappa shape index (κ1) is 15.0. The Bertz CT molecular complexity index is 676. The Hall–Kier alpha value is -2.37. The number of hydrogen-bond donors (Lipinski definition) is 0. The maximum atomic E-state index is 12.2. The molecule has 0 aliphatic carbocycles. The van der Waals surface area contributed by atoms with E-state index < -0.39 is 5.97 Å². The lowest BCUT2D eigenvalue weighted by atomic mass is 10.1. The van der Waals surface area contributed by atoms with Crippen molar-refractivity contribution in [3.05, 3.63) is 30.1 Å². The van der Waals surface area contributed by atoms with Crippen LogP contribution in [0.15, 0.2) is 18.9 Å². The molecule has 112 valence electrons. The van der Waals surface area contributed by atoms with Crippen molar-refractivity contribution in [1.29, 1.82) is 0 Å². The van der Waals surface area contributed by atoms with Crippen molar-refractivity contribution in [2.24, 2.45) is 0 Å². The zero-order chi connectivity index (χ0) is 15.4. The topological polar surface area (TPSA) is 66.2 Å². The van der Waals surface area contributed by atoms with Crippen LogP contribution in [0.4, 0.5) is 0 Å². The van der Waals surface area contributed by atoms with Crippen LogP contribution in [0.25, 0.3) is 11.0 Å². The normalized spacial score (nSPS) is 10.6. The number of hydrogen-bond acceptors (Lipinski definition) is 5. The molecule has 0 bridgehead atoms. The summed E-state index contributed by atoms with van der Waals surface area (Å²) >= 11 is 0. The molecule has 0 atom stereocenters. The lowest BCUT2D eigenvalue weighted by Gasteiger charge is -2.13. The van der Waals surface area contributed by atoms with Crippen LogP contribution in [0.3, 0.4) is 0 Å². The fourth-order valence-electron chi connectivity index (χ4n) is 2.16. The van der Waals surface area contributed by atoms with Gasteiger partial charge in [0.25, 0.3) is 0 Å². The fraction of sp³-hybridized carbons (Fsp3) is 0.400. The lowest BCUT2D eigenvalue weighted by molar-refractivity contribution is 0.0521. The maximum absolute atomic E-state index is 12.2. The second-order valence-electron chi connectivity index (χ2n) is 4.41. The third-order valence-corrected chi connectivity index (χ3v) is 2.99. The van der Waals surface area contributed by atoms with Gasteiger partial charge in [-0.05, 0) is 20.8 Å². The minimum absolute atomic E-state index is 0.303. The molecule has 0 spiro atoms. The number of fused-ring (bicyclic) bond motifs is 1. The summed E-state index contributed by atoms with van der Waals surface area (Å²) in [6, 6.07) is 0. The van der Waals surface area contributed by atoms with Crippen LogP contribution in [0.2, 0.25) is 0 Å². The van der Waals surface area contributed by atoms with Crippen molar-refractivity contribution >= 4 is 17.0 Å². The average Bonchev–Trinajstić information content (AvgIpc) is 2.83. The number of esters is 1. The van der Waals surface area contributed by atoms with Crippen molar-refractivity contribution in [2.45, 2.75) is 27.3 Å². The monoisotopic (exact) mass is 289 g/mol. The van der Waals surface area contributed by atoms with Gasteiger partial charge in [0.1, 0.15) is 11.3 Å². The maximum Gasteiger partial charge on any atom is 0.343 e. The summed E-state index contributed by atoms with van der Waals surface area (Å²) in [6.45, 7) is 10.4. The van der Waals surface area contributed by atoms with Gasteiger partial charge in [0.15, 0.2) is 5.65 Å². The van der Waals surface area contributed by atoms with Crippen molar-refractivity contribution < 1.29 is 14.3 Å². The molecule has 0 amide bonds. The molecular weight excluding hydrogens is 270 g/mol. The van der Waals surface area contributed by atoms with Crippen LogP contribution >= 0.6 is 0 Å². The van der Waals surface area contributed by atoms with Crippen LogP contribution in [-0.2, 0) is 11.3 Å². The van der Waals surface area contributed by atoms with Gasteiger partial charge < -0.3 is 9.47 Å². The number of aromatic nitrogens is 3. The van der Waals surface area contributed by atoms with E-state index in [9.17, 15) is 4.79 Å². The molecule has 0 aliphatic rings. The Morgan fingerprint density at radius 2 is 2.19 bits per heavy atom. The standard InChI is InChI=1S/C15H19N3O3/c1-5-8-18-14-11(9-16-18)13(20-6-2)12(10(4)17-14)15(19)21-7-3/h5,9H,1,6-8H2,2-4H3. The Kier molecular flexibility index (Phi) is 4.57. The van der Waals surface area contributed by atoms with E-state index in [0.717, 1.165) is 0 Å². The summed E-state index contributed by atoms with van der Waals surface area (Å²) < 4.78 is 12.5. The van der Waals surface area contributed by atoms with Crippen LogP contribution in [-0.4, -0.2) is 33.9 Å². The molecule has 6 nitrogen and oxygen atoms in total. The number of carbonyl (C=O) groups is 1. The smallest absolute Gasteiger partial charge is 0.343 e. The van der Waals surface area contributed by atoms with E-state index in [1.165, 1.54) is 0 Å². The van der Waals surface area contributed by atoms with Crippen LogP contribution < -0.4 is 4.74 Å². The quantitative estimate of drug-likeness (QED) is 0.604. The van der Waals surface area contributed by atoms with E-state index >= 15 is 0 Å². The number of rotatable bonds is 6. The molecule has 0 unspecified atom stereocenters. The molecule has 21 heavy (non-hydrogen) atoms. The molecule has 2 aromatic heterocycles. The van der Waals surface area contributed by atoms with Gasteiger partial charge in [0, 0.05) is 0 Å². The molecule has 0 saturated carbocycles. The van der Waals surface area contributed by atoms with E-state index in [4.69, 9.17) is 9.47 Å². The Morgan fingerprint density at radius 3 is 2.81 bits per heavy atom. The first-order chi connectivity index (χ1) is 10.1. The molecule has 0 N–H and O–H groups in total. The van der Waals surface area contributed by atoms with Crippen molar-refractivity contribution in [1.82, 2.24) is 14.8 Å². The van der Waals surface area contributed by atoms with Crippen molar-refractivity contribution in [2.75, 3.05) is 13.2 Å². The highest BCUT2D eigenvalue weighted by Gasteiger charge is 2.23. The highest BCUT2D eigenvalue weighted by molar-refractivity contribution is 6.00. The number of allylic oxidation sites excluding steroid dienone is 1. The Morgan fingerprint density at radius 1 is 1.43 bits per heavy atom. The first-order valence-electron chi connectivity index (χ1n) is 6.90.